The molecule has 0 spiro atoms. The van der Waals surface area contributed by atoms with Crippen LogP contribution in [-0.4, -0.2) is 18.3 Å². The van der Waals surface area contributed by atoms with E-state index in [2.05, 4.69) is 6.92 Å². The number of aliphatic hydroxyl groups is 1. The average molecular weight is 197 g/mol. The van der Waals surface area contributed by atoms with Gasteiger partial charge in [-0.3, -0.25) is 0 Å². The van der Waals surface area contributed by atoms with Gasteiger partial charge in [0, 0.05) is 11.5 Å². The number of halogens is 1. The first kappa shape index (κ1) is 11.0. The van der Waals surface area contributed by atoms with Crippen molar-refractivity contribution < 1.29 is 14.2 Å². The molecule has 2 nitrogen and oxygen atoms in total. The lowest BCUT2D eigenvalue weighted by atomic mass is 10.0. The number of ether oxygens (including phenoxy) is 1. The number of rotatable bonds is 4. The van der Waals surface area contributed by atoms with E-state index in [1.807, 2.05) is 6.92 Å². The van der Waals surface area contributed by atoms with Crippen LogP contribution in [0.15, 0.2) is 18.2 Å². The van der Waals surface area contributed by atoms with E-state index in [0.717, 1.165) is 0 Å². The summed E-state index contributed by atoms with van der Waals surface area (Å²) in [5, 5.41) is 8.93. The van der Waals surface area contributed by atoms with Crippen molar-refractivity contribution in [2.75, 3.05) is 13.2 Å². The van der Waals surface area contributed by atoms with Gasteiger partial charge >= 0.3 is 0 Å². The summed E-state index contributed by atoms with van der Waals surface area (Å²) >= 11 is 0. The van der Waals surface area contributed by atoms with E-state index in [-0.39, 0.29) is 18.3 Å². The highest BCUT2D eigenvalue weighted by Gasteiger charge is 2.11. The molecule has 77 valence electrons. The van der Waals surface area contributed by atoms with E-state index < -0.39 is 0 Å². The van der Waals surface area contributed by atoms with Crippen LogP contribution in [-0.2, 0) is 0 Å². The lowest BCUT2D eigenvalue weighted by Crippen LogP contribution is -2.04. The van der Waals surface area contributed by atoms with Gasteiger partial charge in [-0.2, -0.15) is 0 Å². The maximum Gasteiger partial charge on any atom is 0.123 e. The van der Waals surface area contributed by atoms with Crippen LogP contribution in [0.2, 0.25) is 0 Å². The van der Waals surface area contributed by atoms with Gasteiger partial charge in [-0.05, 0) is 32.0 Å². The Morgan fingerprint density at radius 1 is 1.57 bits per heavy atom. The highest BCUT2D eigenvalue weighted by atomic mass is 19.1. The topological polar surface area (TPSA) is 29.5 Å². The molecule has 3 heteroatoms. The molecule has 1 aromatic carbocycles. The highest BCUT2D eigenvalue weighted by Crippen LogP contribution is 2.26. The van der Waals surface area contributed by atoms with Crippen molar-refractivity contribution in [2.24, 2.45) is 0 Å². The zero-order valence-corrected chi connectivity index (χ0v) is 8.16. The maximum absolute atomic E-state index is 12.9. The maximum atomic E-state index is 12.9. The molecule has 0 aromatic heterocycles. The molecule has 14 heavy (non-hydrogen) atoms. The predicted molar refractivity (Wildman–Crippen MR) is 52.8 cm³/mol. The first-order chi connectivity index (χ1) is 6.69. The van der Waals surface area contributed by atoms with E-state index in [1.165, 1.54) is 12.1 Å². The van der Waals surface area contributed by atoms with E-state index in [4.69, 9.17) is 9.84 Å². The van der Waals surface area contributed by atoms with Gasteiger partial charge in [0.15, 0.2) is 0 Å². The normalized spacial score (nSPS) is 12.6. The summed E-state index contributed by atoms with van der Waals surface area (Å²) in [5.74, 6) is -0.110. The zero-order valence-electron chi connectivity index (χ0n) is 8.16. The first-order valence-electron chi connectivity index (χ1n) is 4.55. The third-order valence-electron chi connectivity index (χ3n) is 1.93. The van der Waals surface area contributed by atoms with Crippen molar-refractivity contribution in [1.82, 2.24) is 0 Å². The van der Waals surface area contributed by atoms with Gasteiger partial charge in [0.1, 0.15) is 11.6 Å². The number of hydrogen-bond donors (Lipinski definition) is 1. The summed E-state index contributed by atoms with van der Waals surface area (Å²) in [5.41, 5.74) is 0.606. The molecular weight excluding hydrogens is 183 g/mol. The van der Waals surface area contributed by atoms with Crippen molar-refractivity contribution >= 4 is 0 Å². The molecule has 0 fully saturated rings. The van der Waals surface area contributed by atoms with E-state index >= 15 is 0 Å². The van der Waals surface area contributed by atoms with Gasteiger partial charge in [0.2, 0.25) is 0 Å². The minimum Gasteiger partial charge on any atom is -0.494 e. The second kappa shape index (κ2) is 4.96. The Kier molecular flexibility index (Phi) is 3.89. The lowest BCUT2D eigenvalue weighted by molar-refractivity contribution is 0.275. The molecule has 0 saturated heterocycles. The largest absolute Gasteiger partial charge is 0.494 e. The molecule has 1 unspecified atom stereocenters. The van der Waals surface area contributed by atoms with Gasteiger partial charge < -0.3 is 9.84 Å². The van der Waals surface area contributed by atoms with Gasteiger partial charge in [-0.1, -0.05) is 0 Å². The lowest BCUT2D eigenvalue weighted by Gasteiger charge is -2.14. The molecule has 1 N–H and O–H groups in total. The van der Waals surface area contributed by atoms with Crippen molar-refractivity contribution in [3.05, 3.63) is 36.5 Å². The summed E-state index contributed by atoms with van der Waals surface area (Å²) in [6.45, 7) is 5.95. The Bertz CT molecular complexity index is 299. The fourth-order valence-corrected chi connectivity index (χ4v) is 1.22. The fourth-order valence-electron chi connectivity index (χ4n) is 1.22. The Labute approximate surface area is 83.3 Å². The summed E-state index contributed by atoms with van der Waals surface area (Å²) in [4.78, 5) is 0. The molecule has 0 aliphatic carbocycles. The quantitative estimate of drug-likeness (QED) is 0.801. The van der Waals surface area contributed by atoms with Crippen molar-refractivity contribution in [2.45, 2.75) is 12.8 Å². The zero-order chi connectivity index (χ0) is 10.6. The van der Waals surface area contributed by atoms with Crippen LogP contribution in [0.1, 0.15) is 18.4 Å². The number of hydrogen-bond acceptors (Lipinski definition) is 2. The molecule has 0 heterocycles. The third-order valence-corrected chi connectivity index (χ3v) is 1.93. The van der Waals surface area contributed by atoms with Crippen LogP contribution in [0.5, 0.6) is 5.75 Å². The van der Waals surface area contributed by atoms with E-state index in [1.54, 1.807) is 6.07 Å². The van der Waals surface area contributed by atoms with Crippen LogP contribution in [0, 0.1) is 12.7 Å². The minimum atomic E-state index is -0.354. The van der Waals surface area contributed by atoms with Crippen molar-refractivity contribution in [3.8, 4) is 5.75 Å². The highest BCUT2D eigenvalue weighted by molar-refractivity contribution is 5.37. The predicted octanol–water partition coefficient (Wildman–Crippen LogP) is 2.13. The molecule has 0 aliphatic heterocycles. The second-order valence-corrected chi connectivity index (χ2v) is 2.99. The number of aliphatic hydroxyl groups excluding tert-OH is 1. The molecule has 1 radical (unpaired) electrons. The van der Waals surface area contributed by atoms with E-state index in [0.29, 0.717) is 17.9 Å². The van der Waals surface area contributed by atoms with Gasteiger partial charge in [-0.25, -0.2) is 4.39 Å². The average Bonchev–Trinajstić information content (AvgIpc) is 2.20. The smallest absolute Gasteiger partial charge is 0.123 e. The fraction of sp³-hybridized carbons (Fsp3) is 0.364. The third kappa shape index (κ3) is 2.45. The van der Waals surface area contributed by atoms with Crippen LogP contribution in [0.4, 0.5) is 4.39 Å². The first-order valence-corrected chi connectivity index (χ1v) is 4.55. The molecule has 0 aliphatic rings. The van der Waals surface area contributed by atoms with Crippen LogP contribution in [0.25, 0.3) is 0 Å². The SMILES string of the molecule is [CH2]C(CO)c1cc(F)ccc1OCC. The molecule has 0 bridgehead atoms. The molecular formula is C11H14FO2. The summed E-state index contributed by atoms with van der Waals surface area (Å²) in [6, 6.07) is 4.24. The summed E-state index contributed by atoms with van der Waals surface area (Å²) in [6.07, 6.45) is 0. The molecule has 1 aromatic rings. The van der Waals surface area contributed by atoms with Gasteiger partial charge in [-0.15, -0.1) is 0 Å². The van der Waals surface area contributed by atoms with Gasteiger partial charge in [0.25, 0.3) is 0 Å². The Balaban J connectivity index is 3.02. The Morgan fingerprint density at radius 3 is 2.86 bits per heavy atom. The van der Waals surface area contributed by atoms with Crippen LogP contribution >= 0.6 is 0 Å². The number of benzene rings is 1. The standard InChI is InChI=1S/C11H14FO2/c1-3-14-11-5-4-9(12)6-10(11)8(2)7-13/h4-6,8,13H,2-3,7H2,1H3. The Hall–Kier alpha value is -1.09. The summed E-state index contributed by atoms with van der Waals surface area (Å²) in [7, 11) is 0. The Morgan fingerprint density at radius 2 is 2.29 bits per heavy atom. The van der Waals surface area contributed by atoms with Gasteiger partial charge in [0.05, 0.1) is 13.2 Å². The van der Waals surface area contributed by atoms with Crippen LogP contribution in [0.3, 0.4) is 0 Å². The molecule has 1 rings (SSSR count). The molecule has 0 amide bonds. The van der Waals surface area contributed by atoms with Crippen molar-refractivity contribution in [1.29, 1.82) is 0 Å². The minimum absolute atomic E-state index is 0.122. The molecule has 0 saturated carbocycles. The monoisotopic (exact) mass is 197 g/mol. The second-order valence-electron chi connectivity index (χ2n) is 2.99. The van der Waals surface area contributed by atoms with Crippen molar-refractivity contribution in [3.63, 3.8) is 0 Å². The van der Waals surface area contributed by atoms with E-state index in [9.17, 15) is 4.39 Å². The summed E-state index contributed by atoms with van der Waals surface area (Å²) < 4.78 is 18.2. The van der Waals surface area contributed by atoms with Crippen LogP contribution < -0.4 is 4.74 Å². The molecule has 1 atom stereocenters.